The summed E-state index contributed by atoms with van der Waals surface area (Å²) in [5, 5.41) is 2.99. The molecule has 3 aliphatic heterocycles. The molecule has 2 fully saturated rings. The Morgan fingerprint density at radius 2 is 1.97 bits per heavy atom. The third-order valence-corrected chi connectivity index (χ3v) is 7.15. The highest BCUT2D eigenvalue weighted by molar-refractivity contribution is 6.05. The zero-order valence-electron chi connectivity index (χ0n) is 17.6. The molecule has 3 heterocycles. The van der Waals surface area contributed by atoms with Gasteiger partial charge in [0.25, 0.3) is 5.91 Å². The Kier molecular flexibility index (Phi) is 4.58. The molecule has 6 nitrogen and oxygen atoms in total. The molecule has 0 radical (unpaired) electrons. The third kappa shape index (κ3) is 3.54. The highest BCUT2D eigenvalue weighted by Gasteiger charge is 2.42. The first kappa shape index (κ1) is 19.0. The summed E-state index contributed by atoms with van der Waals surface area (Å²) >= 11 is 0. The Labute approximate surface area is 182 Å². The molecule has 0 unspecified atom stereocenters. The number of nitrogens with zero attached hydrogens (tertiary/aromatic N) is 2. The lowest BCUT2D eigenvalue weighted by Gasteiger charge is -2.47. The lowest BCUT2D eigenvalue weighted by Crippen LogP contribution is -2.54. The van der Waals surface area contributed by atoms with E-state index in [1.54, 1.807) is 0 Å². The number of rotatable bonds is 3. The van der Waals surface area contributed by atoms with Crippen molar-refractivity contribution in [1.29, 1.82) is 0 Å². The van der Waals surface area contributed by atoms with Crippen molar-refractivity contribution in [3.63, 3.8) is 0 Å². The van der Waals surface area contributed by atoms with Gasteiger partial charge in [-0.25, -0.2) is 0 Å². The summed E-state index contributed by atoms with van der Waals surface area (Å²) in [5.41, 5.74) is 4.37. The van der Waals surface area contributed by atoms with Crippen molar-refractivity contribution in [2.24, 2.45) is 4.99 Å². The molecule has 1 aliphatic carbocycles. The van der Waals surface area contributed by atoms with Gasteiger partial charge in [-0.3, -0.25) is 14.7 Å². The van der Waals surface area contributed by atoms with Crippen molar-refractivity contribution in [2.45, 2.75) is 57.0 Å². The van der Waals surface area contributed by atoms with Gasteiger partial charge >= 0.3 is 0 Å². The van der Waals surface area contributed by atoms with Crippen LogP contribution in [0.5, 0.6) is 5.75 Å². The molecular formula is C25H27N3O3. The molecule has 1 spiro atoms. The number of nitrogens with one attached hydrogen (secondary N) is 1. The van der Waals surface area contributed by atoms with Crippen LogP contribution >= 0.6 is 0 Å². The van der Waals surface area contributed by atoms with E-state index in [1.807, 2.05) is 42.6 Å². The van der Waals surface area contributed by atoms with Crippen molar-refractivity contribution in [3.05, 3.63) is 53.1 Å². The van der Waals surface area contributed by atoms with Gasteiger partial charge in [0, 0.05) is 61.4 Å². The Morgan fingerprint density at radius 1 is 1.10 bits per heavy atom. The zero-order chi connectivity index (χ0) is 20.8. The van der Waals surface area contributed by atoms with E-state index in [2.05, 4.69) is 15.2 Å². The maximum atomic E-state index is 12.7. The van der Waals surface area contributed by atoms with Crippen LogP contribution in [0.15, 0.2) is 41.4 Å². The van der Waals surface area contributed by atoms with Crippen LogP contribution in [-0.4, -0.2) is 41.9 Å². The number of fused-ring (bicyclic) bond motifs is 2. The van der Waals surface area contributed by atoms with E-state index in [4.69, 9.17) is 9.47 Å². The van der Waals surface area contributed by atoms with Gasteiger partial charge in [-0.2, -0.15) is 0 Å². The normalized spacial score (nSPS) is 21.8. The highest BCUT2D eigenvalue weighted by atomic mass is 16.7. The minimum Gasteiger partial charge on any atom is -0.462 e. The Morgan fingerprint density at radius 3 is 2.77 bits per heavy atom. The van der Waals surface area contributed by atoms with Crippen LogP contribution in [0.2, 0.25) is 0 Å². The predicted octanol–water partition coefficient (Wildman–Crippen LogP) is 4.45. The number of ether oxygens (including phenoxy) is 2. The molecular weight excluding hydrogens is 390 g/mol. The number of carbonyl (C=O) groups excluding carboxylic acids is 1. The summed E-state index contributed by atoms with van der Waals surface area (Å²) in [6.07, 6.45) is 8.56. The topological polar surface area (TPSA) is 63.2 Å². The molecule has 6 heteroatoms. The fraction of sp³-hybridized carbons (Fsp3) is 0.440. The summed E-state index contributed by atoms with van der Waals surface area (Å²) in [7, 11) is 0. The minimum absolute atomic E-state index is 0.137. The molecule has 0 atom stereocenters. The highest BCUT2D eigenvalue weighted by Crippen LogP contribution is 2.40. The lowest BCUT2D eigenvalue weighted by molar-refractivity contribution is -0.231. The van der Waals surface area contributed by atoms with Gasteiger partial charge in [-0.05, 0) is 48.7 Å². The second kappa shape index (κ2) is 7.46. The van der Waals surface area contributed by atoms with Gasteiger partial charge < -0.3 is 14.8 Å². The van der Waals surface area contributed by atoms with Crippen LogP contribution in [0.4, 0.5) is 11.4 Å². The van der Waals surface area contributed by atoms with Gasteiger partial charge in [0.2, 0.25) is 5.79 Å². The smallest absolute Gasteiger partial charge is 0.255 e. The second-order valence-corrected chi connectivity index (χ2v) is 9.06. The number of anilines is 1. The molecule has 1 saturated heterocycles. The van der Waals surface area contributed by atoms with Crippen LogP contribution in [0, 0.1) is 0 Å². The van der Waals surface area contributed by atoms with Crippen molar-refractivity contribution in [1.82, 2.24) is 4.90 Å². The zero-order valence-corrected chi connectivity index (χ0v) is 17.6. The van der Waals surface area contributed by atoms with Gasteiger partial charge in [0.15, 0.2) is 0 Å². The largest absolute Gasteiger partial charge is 0.462 e. The molecule has 0 bridgehead atoms. The number of amides is 1. The number of hydrogen-bond acceptors (Lipinski definition) is 5. The van der Waals surface area contributed by atoms with Gasteiger partial charge in [0.1, 0.15) is 5.75 Å². The van der Waals surface area contributed by atoms with Crippen molar-refractivity contribution < 1.29 is 14.3 Å². The van der Waals surface area contributed by atoms with E-state index in [9.17, 15) is 4.79 Å². The summed E-state index contributed by atoms with van der Waals surface area (Å²) in [5.74, 6) is 0.235. The van der Waals surface area contributed by atoms with E-state index in [1.165, 1.54) is 19.3 Å². The molecule has 1 saturated carbocycles. The summed E-state index contributed by atoms with van der Waals surface area (Å²) < 4.78 is 12.6. The Bertz CT molecular complexity index is 1050. The molecule has 2 aromatic carbocycles. The average Bonchev–Trinajstić information content (AvgIpc) is 3.22. The third-order valence-electron chi connectivity index (χ3n) is 7.15. The van der Waals surface area contributed by atoms with E-state index in [-0.39, 0.29) is 5.91 Å². The number of aliphatic imine (C=N–C) groups is 1. The Hall–Kier alpha value is -2.70. The number of piperidine rings is 1. The standard InChI is InChI=1S/C25H27N3O3/c29-24(18-5-4-17-8-11-26-22(17)15-18)27-20-6-7-23-19(14-20)16-30-25(31-23)9-12-28(13-10-25)21-2-1-3-21/h4-7,11,14-15,21H,1-3,8-10,12-13,16H2,(H,27,29). The fourth-order valence-electron chi connectivity index (χ4n) is 4.98. The van der Waals surface area contributed by atoms with E-state index in [0.29, 0.717) is 12.2 Å². The predicted molar refractivity (Wildman–Crippen MR) is 119 cm³/mol. The second-order valence-electron chi connectivity index (χ2n) is 9.06. The summed E-state index contributed by atoms with van der Waals surface area (Å²) in [6.45, 7) is 2.59. The van der Waals surface area contributed by atoms with Crippen LogP contribution in [0.25, 0.3) is 0 Å². The van der Waals surface area contributed by atoms with E-state index >= 15 is 0 Å². The molecule has 4 aliphatic rings. The molecule has 31 heavy (non-hydrogen) atoms. The monoisotopic (exact) mass is 417 g/mol. The van der Waals surface area contributed by atoms with Crippen LogP contribution < -0.4 is 10.1 Å². The van der Waals surface area contributed by atoms with E-state index in [0.717, 1.165) is 66.6 Å². The number of likely N-dealkylation sites (tertiary alicyclic amines) is 1. The molecule has 1 N–H and O–H groups in total. The van der Waals surface area contributed by atoms with Gasteiger partial charge in [-0.1, -0.05) is 12.5 Å². The number of hydrogen-bond donors (Lipinski definition) is 1. The first-order valence-electron chi connectivity index (χ1n) is 11.3. The van der Waals surface area contributed by atoms with Crippen LogP contribution in [0.3, 0.4) is 0 Å². The first-order valence-corrected chi connectivity index (χ1v) is 11.3. The SMILES string of the molecule is O=C(Nc1ccc2c(c1)COC1(CCN(C3CCC3)CC1)O2)c1ccc2c(c1)N=CC2. The maximum absolute atomic E-state index is 12.7. The van der Waals surface area contributed by atoms with E-state index < -0.39 is 5.79 Å². The molecule has 160 valence electrons. The van der Waals surface area contributed by atoms with Crippen molar-refractivity contribution >= 4 is 23.5 Å². The summed E-state index contributed by atoms with van der Waals surface area (Å²) in [6, 6.07) is 12.3. The van der Waals surface area contributed by atoms with Crippen LogP contribution in [0.1, 0.15) is 53.6 Å². The minimum atomic E-state index is -0.497. The molecule has 6 rings (SSSR count). The molecule has 0 aromatic heterocycles. The van der Waals surface area contributed by atoms with Crippen molar-refractivity contribution in [2.75, 3.05) is 18.4 Å². The van der Waals surface area contributed by atoms with Crippen LogP contribution in [-0.2, 0) is 17.8 Å². The quantitative estimate of drug-likeness (QED) is 0.801. The first-order chi connectivity index (χ1) is 15.2. The maximum Gasteiger partial charge on any atom is 0.255 e. The lowest BCUT2D eigenvalue weighted by atomic mass is 9.89. The Balaban J connectivity index is 1.12. The fourth-order valence-corrected chi connectivity index (χ4v) is 4.98. The number of carbonyl (C=O) groups is 1. The molecule has 1 amide bonds. The average molecular weight is 418 g/mol. The van der Waals surface area contributed by atoms with Crippen molar-refractivity contribution in [3.8, 4) is 5.75 Å². The number of benzene rings is 2. The van der Waals surface area contributed by atoms with Gasteiger partial charge in [-0.15, -0.1) is 0 Å². The summed E-state index contributed by atoms with van der Waals surface area (Å²) in [4.78, 5) is 19.6. The molecule has 2 aromatic rings. The van der Waals surface area contributed by atoms with Gasteiger partial charge in [0.05, 0.1) is 12.3 Å².